The zero-order valence-electron chi connectivity index (χ0n) is 13.8. The second kappa shape index (κ2) is 5.77. The van der Waals surface area contributed by atoms with Crippen LogP contribution in [0.3, 0.4) is 0 Å². The van der Waals surface area contributed by atoms with Gasteiger partial charge in [0.25, 0.3) is 5.91 Å². The van der Waals surface area contributed by atoms with E-state index in [1.807, 2.05) is 6.20 Å². The molecule has 0 radical (unpaired) electrons. The van der Waals surface area contributed by atoms with Crippen LogP contribution in [0.5, 0.6) is 0 Å². The number of nitrogens with zero attached hydrogens (tertiary/aromatic N) is 3. The summed E-state index contributed by atoms with van der Waals surface area (Å²) in [6.45, 7) is 7.76. The van der Waals surface area contributed by atoms with E-state index in [0.717, 1.165) is 23.5 Å². The molecule has 0 aliphatic carbocycles. The first-order valence-electron chi connectivity index (χ1n) is 7.80. The van der Waals surface area contributed by atoms with Crippen molar-refractivity contribution < 1.29 is 9.21 Å². The second-order valence-electron chi connectivity index (χ2n) is 6.90. The molecule has 0 saturated carbocycles. The molecule has 1 aliphatic heterocycles. The van der Waals surface area contributed by atoms with Gasteiger partial charge in [0.1, 0.15) is 17.8 Å². The van der Waals surface area contributed by atoms with Crippen LogP contribution in [-0.2, 0) is 24.9 Å². The van der Waals surface area contributed by atoms with Crippen molar-refractivity contribution in [2.24, 2.45) is 5.73 Å². The first kappa shape index (κ1) is 15.7. The van der Waals surface area contributed by atoms with Gasteiger partial charge in [0.2, 0.25) is 0 Å². The first-order valence-corrected chi connectivity index (χ1v) is 7.80. The lowest BCUT2D eigenvalue weighted by Crippen LogP contribution is -2.36. The molecular weight excluding hydrogens is 292 g/mol. The van der Waals surface area contributed by atoms with E-state index in [0.29, 0.717) is 31.0 Å². The van der Waals surface area contributed by atoms with Crippen LogP contribution in [0.2, 0.25) is 0 Å². The Kier molecular flexibility index (Phi) is 3.93. The van der Waals surface area contributed by atoms with E-state index < -0.39 is 0 Å². The molecule has 2 aromatic rings. The van der Waals surface area contributed by atoms with Crippen molar-refractivity contribution in [2.75, 3.05) is 6.54 Å². The van der Waals surface area contributed by atoms with Crippen LogP contribution in [0, 0.1) is 0 Å². The van der Waals surface area contributed by atoms with Crippen LogP contribution >= 0.6 is 0 Å². The Labute approximate surface area is 135 Å². The molecule has 3 rings (SSSR count). The van der Waals surface area contributed by atoms with Gasteiger partial charge in [-0.2, -0.15) is 0 Å². The van der Waals surface area contributed by atoms with Crippen LogP contribution in [0.15, 0.2) is 22.9 Å². The summed E-state index contributed by atoms with van der Waals surface area (Å²) >= 11 is 0. The number of carbonyl (C=O) groups is 1. The average molecular weight is 314 g/mol. The number of nitrogens with two attached hydrogens (primary N) is 1. The zero-order valence-corrected chi connectivity index (χ0v) is 13.8. The van der Waals surface area contributed by atoms with Gasteiger partial charge in [-0.1, -0.05) is 20.8 Å². The monoisotopic (exact) mass is 314 g/mol. The van der Waals surface area contributed by atoms with E-state index in [1.54, 1.807) is 11.0 Å². The highest BCUT2D eigenvalue weighted by Crippen LogP contribution is 2.23. The number of aromatic nitrogens is 2. The molecule has 0 aromatic carbocycles. The molecule has 122 valence electrons. The minimum atomic E-state index is -0.0720. The lowest BCUT2D eigenvalue weighted by molar-refractivity contribution is 0.0732. The van der Waals surface area contributed by atoms with E-state index >= 15 is 0 Å². The largest absolute Gasteiger partial charge is 0.467 e. The molecule has 6 nitrogen and oxygen atoms in total. The topological polar surface area (TPSA) is 85.2 Å². The van der Waals surface area contributed by atoms with Crippen molar-refractivity contribution >= 4 is 5.91 Å². The Morgan fingerprint density at radius 2 is 2.22 bits per heavy atom. The van der Waals surface area contributed by atoms with Crippen LogP contribution in [0.4, 0.5) is 0 Å². The van der Waals surface area contributed by atoms with Crippen LogP contribution in [-0.4, -0.2) is 27.3 Å². The molecule has 6 heteroatoms. The van der Waals surface area contributed by atoms with Gasteiger partial charge in [-0.15, -0.1) is 0 Å². The summed E-state index contributed by atoms with van der Waals surface area (Å²) in [6, 6.07) is 1.71. The third-order valence-corrected chi connectivity index (χ3v) is 3.99. The molecule has 23 heavy (non-hydrogen) atoms. The number of furan rings is 1. The van der Waals surface area contributed by atoms with E-state index in [4.69, 9.17) is 10.2 Å². The fraction of sp³-hybridized carbons (Fsp3) is 0.471. The molecule has 0 fully saturated rings. The van der Waals surface area contributed by atoms with Crippen molar-refractivity contribution in [3.8, 4) is 0 Å². The lowest BCUT2D eigenvalue weighted by Gasteiger charge is -2.29. The number of fused-ring (bicyclic) bond motifs is 1. The zero-order chi connectivity index (χ0) is 16.6. The van der Waals surface area contributed by atoms with Crippen molar-refractivity contribution in [3.05, 3.63) is 46.9 Å². The minimum absolute atomic E-state index is 0.0426. The molecule has 0 unspecified atom stereocenters. The molecule has 0 spiro atoms. The highest BCUT2D eigenvalue weighted by Gasteiger charge is 2.26. The molecule has 2 N–H and O–H groups in total. The van der Waals surface area contributed by atoms with Gasteiger partial charge in [-0.25, -0.2) is 9.97 Å². The molecule has 0 saturated heterocycles. The van der Waals surface area contributed by atoms with Gasteiger partial charge >= 0.3 is 0 Å². The summed E-state index contributed by atoms with van der Waals surface area (Å²) in [6.07, 6.45) is 4.07. The third-order valence-electron chi connectivity index (χ3n) is 3.99. The second-order valence-corrected chi connectivity index (χ2v) is 6.90. The lowest BCUT2D eigenvalue weighted by atomic mass is 9.95. The number of rotatable bonds is 2. The fourth-order valence-electron chi connectivity index (χ4n) is 2.63. The standard InChI is InChI=1S/C17H22N4O2/c1-17(2,3)16-19-8-12-9-21(5-4-14(12)20-16)15(22)11-6-13(7-18)23-10-11/h6,8,10H,4-5,7,9,18H2,1-3H3. The van der Waals surface area contributed by atoms with E-state index in [9.17, 15) is 4.79 Å². The van der Waals surface area contributed by atoms with Crippen molar-refractivity contribution in [1.29, 1.82) is 0 Å². The summed E-state index contributed by atoms with van der Waals surface area (Å²) in [4.78, 5) is 23.5. The molecule has 0 bridgehead atoms. The molecule has 1 aliphatic rings. The first-order chi connectivity index (χ1) is 10.9. The van der Waals surface area contributed by atoms with Crippen molar-refractivity contribution in [3.63, 3.8) is 0 Å². The predicted octanol–water partition coefficient (Wildman–Crippen LogP) is 2.02. The molecular formula is C17H22N4O2. The van der Waals surface area contributed by atoms with Gasteiger partial charge < -0.3 is 15.1 Å². The number of hydrogen-bond acceptors (Lipinski definition) is 5. The molecule has 0 atom stereocenters. The van der Waals surface area contributed by atoms with Gasteiger partial charge in [0, 0.05) is 36.7 Å². The summed E-state index contributed by atoms with van der Waals surface area (Å²) < 4.78 is 5.25. The van der Waals surface area contributed by atoms with Crippen LogP contribution in [0.25, 0.3) is 0 Å². The minimum Gasteiger partial charge on any atom is -0.467 e. The maximum atomic E-state index is 12.5. The Hall–Kier alpha value is -2.21. The normalized spacial score (nSPS) is 14.7. The summed E-state index contributed by atoms with van der Waals surface area (Å²) in [5.74, 6) is 1.42. The molecule has 2 aromatic heterocycles. The fourth-order valence-corrected chi connectivity index (χ4v) is 2.63. The Morgan fingerprint density at radius 1 is 1.43 bits per heavy atom. The van der Waals surface area contributed by atoms with Gasteiger partial charge in [0.05, 0.1) is 17.8 Å². The Morgan fingerprint density at radius 3 is 2.87 bits per heavy atom. The van der Waals surface area contributed by atoms with E-state index in [2.05, 4.69) is 30.7 Å². The number of amides is 1. The summed E-state index contributed by atoms with van der Waals surface area (Å²) in [5.41, 5.74) is 8.05. The van der Waals surface area contributed by atoms with Gasteiger partial charge in [-0.05, 0) is 6.07 Å². The van der Waals surface area contributed by atoms with Crippen LogP contribution < -0.4 is 5.73 Å². The van der Waals surface area contributed by atoms with E-state index in [1.165, 1.54) is 6.26 Å². The molecule has 3 heterocycles. The maximum Gasteiger partial charge on any atom is 0.257 e. The smallest absolute Gasteiger partial charge is 0.257 e. The number of carbonyl (C=O) groups excluding carboxylic acids is 1. The van der Waals surface area contributed by atoms with E-state index in [-0.39, 0.29) is 11.3 Å². The van der Waals surface area contributed by atoms with Crippen LogP contribution in [0.1, 0.15) is 54.0 Å². The number of hydrogen-bond donors (Lipinski definition) is 1. The SMILES string of the molecule is CC(C)(C)c1ncc2c(n1)CCN(C(=O)c1coc(CN)c1)C2. The van der Waals surface area contributed by atoms with Crippen molar-refractivity contribution in [2.45, 2.75) is 45.7 Å². The quantitative estimate of drug-likeness (QED) is 0.916. The Balaban J connectivity index is 1.79. The van der Waals surface area contributed by atoms with Crippen molar-refractivity contribution in [1.82, 2.24) is 14.9 Å². The average Bonchev–Trinajstić information content (AvgIpc) is 3.01. The predicted molar refractivity (Wildman–Crippen MR) is 85.8 cm³/mol. The summed E-state index contributed by atoms with van der Waals surface area (Å²) in [5, 5.41) is 0. The third kappa shape index (κ3) is 3.12. The summed E-state index contributed by atoms with van der Waals surface area (Å²) in [7, 11) is 0. The Bertz CT molecular complexity index is 730. The highest BCUT2D eigenvalue weighted by atomic mass is 16.3. The molecule has 1 amide bonds. The maximum absolute atomic E-state index is 12.5. The van der Waals surface area contributed by atoms with Gasteiger partial charge in [-0.3, -0.25) is 4.79 Å². The van der Waals surface area contributed by atoms with Gasteiger partial charge in [0.15, 0.2) is 0 Å². The highest BCUT2D eigenvalue weighted by molar-refractivity contribution is 5.94.